The Morgan fingerprint density at radius 2 is 2.11 bits per heavy atom. The third kappa shape index (κ3) is 3.57. The highest BCUT2D eigenvalue weighted by Crippen LogP contribution is 2.37. The van der Waals surface area contributed by atoms with Crippen LogP contribution in [0.2, 0.25) is 5.02 Å². The van der Waals surface area contributed by atoms with Crippen LogP contribution in [-0.2, 0) is 0 Å². The van der Waals surface area contributed by atoms with Gasteiger partial charge in [0.25, 0.3) is 0 Å². The maximum atomic E-state index is 13.6. The Bertz CT molecular complexity index is 545. The van der Waals surface area contributed by atoms with E-state index >= 15 is 0 Å². The lowest BCUT2D eigenvalue weighted by atomic mass is 10.0. The molecule has 19 heavy (non-hydrogen) atoms. The number of nitrogens with one attached hydrogen (secondary N) is 1. The smallest absolute Gasteiger partial charge is 0.123 e. The van der Waals surface area contributed by atoms with E-state index in [4.69, 9.17) is 11.6 Å². The monoisotopic (exact) mass is 361 g/mol. The molecular formula is C14H14BrClFNS. The molecule has 5 heteroatoms. The van der Waals surface area contributed by atoms with Gasteiger partial charge in [-0.1, -0.05) is 24.6 Å². The van der Waals surface area contributed by atoms with Crippen LogP contribution in [0.25, 0.3) is 0 Å². The van der Waals surface area contributed by atoms with Crippen LogP contribution < -0.4 is 5.32 Å². The molecule has 0 aliphatic rings. The predicted molar refractivity (Wildman–Crippen MR) is 83.7 cm³/mol. The quantitative estimate of drug-likeness (QED) is 0.777. The van der Waals surface area contributed by atoms with Crippen LogP contribution in [0.5, 0.6) is 0 Å². The first-order valence-corrected chi connectivity index (χ1v) is 7.95. The van der Waals surface area contributed by atoms with Crippen LogP contribution in [0.1, 0.15) is 29.0 Å². The Hall–Kier alpha value is -0.420. The third-order valence-electron chi connectivity index (χ3n) is 2.75. The second kappa shape index (κ2) is 6.35. The first kappa shape index (κ1) is 15.0. The minimum absolute atomic E-state index is 0.0341. The molecule has 1 unspecified atom stereocenters. The zero-order chi connectivity index (χ0) is 14.0. The van der Waals surface area contributed by atoms with E-state index < -0.39 is 0 Å². The fourth-order valence-corrected chi connectivity index (χ4v) is 3.87. The number of benzene rings is 1. The summed E-state index contributed by atoms with van der Waals surface area (Å²) in [5.41, 5.74) is 1.84. The molecule has 1 aromatic heterocycles. The summed E-state index contributed by atoms with van der Waals surface area (Å²) in [5.74, 6) is -0.209. The van der Waals surface area contributed by atoms with E-state index in [1.54, 1.807) is 17.4 Å². The van der Waals surface area contributed by atoms with Gasteiger partial charge in [0.15, 0.2) is 0 Å². The normalized spacial score (nSPS) is 12.7. The molecule has 1 atom stereocenters. The Kier molecular flexibility index (Phi) is 5.01. The van der Waals surface area contributed by atoms with E-state index in [1.165, 1.54) is 6.07 Å². The summed E-state index contributed by atoms with van der Waals surface area (Å²) in [6.07, 6.45) is 0. The molecule has 0 spiro atoms. The molecule has 0 radical (unpaired) electrons. The van der Waals surface area contributed by atoms with Gasteiger partial charge in [-0.15, -0.1) is 11.3 Å². The van der Waals surface area contributed by atoms with Gasteiger partial charge in [0.05, 0.1) is 14.9 Å². The van der Waals surface area contributed by atoms with Crippen molar-refractivity contribution < 1.29 is 4.39 Å². The van der Waals surface area contributed by atoms with Gasteiger partial charge in [0, 0.05) is 4.88 Å². The van der Waals surface area contributed by atoms with Gasteiger partial charge in [-0.25, -0.2) is 4.39 Å². The number of hydrogen-bond acceptors (Lipinski definition) is 2. The largest absolute Gasteiger partial charge is 0.306 e. The average Bonchev–Trinajstić information content (AvgIpc) is 2.65. The van der Waals surface area contributed by atoms with Gasteiger partial charge in [0.1, 0.15) is 5.82 Å². The molecule has 102 valence electrons. The number of halogens is 3. The van der Waals surface area contributed by atoms with Gasteiger partial charge >= 0.3 is 0 Å². The maximum absolute atomic E-state index is 13.6. The molecule has 0 fully saturated rings. The molecule has 0 amide bonds. The van der Waals surface area contributed by atoms with Crippen molar-refractivity contribution in [3.05, 3.63) is 54.9 Å². The lowest BCUT2D eigenvalue weighted by Crippen LogP contribution is -2.21. The second-order valence-corrected chi connectivity index (χ2v) is 7.13. The summed E-state index contributed by atoms with van der Waals surface area (Å²) >= 11 is 11.1. The first-order valence-electron chi connectivity index (χ1n) is 5.96. The Morgan fingerprint density at radius 3 is 2.63 bits per heavy atom. The summed E-state index contributed by atoms with van der Waals surface area (Å²) < 4.78 is 14.5. The third-order valence-corrected chi connectivity index (χ3v) is 5.29. The summed E-state index contributed by atoms with van der Waals surface area (Å²) in [6, 6.07) is 6.99. The highest BCUT2D eigenvalue weighted by Gasteiger charge is 2.18. The predicted octanol–water partition coefficient (Wildman–Crippen LogP) is 5.31. The Morgan fingerprint density at radius 1 is 1.37 bits per heavy atom. The van der Waals surface area contributed by atoms with Crippen LogP contribution in [0, 0.1) is 12.7 Å². The Labute approximate surface area is 129 Å². The van der Waals surface area contributed by atoms with E-state index in [0.717, 1.165) is 26.3 Å². The fraction of sp³-hybridized carbons (Fsp3) is 0.286. The van der Waals surface area contributed by atoms with Gasteiger partial charge in [-0.2, -0.15) is 0 Å². The van der Waals surface area contributed by atoms with Crippen molar-refractivity contribution in [1.82, 2.24) is 5.32 Å². The van der Waals surface area contributed by atoms with E-state index in [-0.39, 0.29) is 11.9 Å². The van der Waals surface area contributed by atoms with E-state index in [0.29, 0.717) is 5.02 Å². The van der Waals surface area contributed by atoms with Gasteiger partial charge in [0.2, 0.25) is 0 Å². The van der Waals surface area contributed by atoms with Crippen molar-refractivity contribution in [2.45, 2.75) is 19.9 Å². The SMILES string of the molecule is CCNC(c1cc(C)cc(F)c1)c1cc(Cl)c(Br)s1. The lowest BCUT2D eigenvalue weighted by Gasteiger charge is -2.17. The van der Waals surface area contributed by atoms with E-state index in [9.17, 15) is 4.39 Å². The van der Waals surface area contributed by atoms with Crippen molar-refractivity contribution in [2.24, 2.45) is 0 Å². The molecule has 0 saturated heterocycles. The molecule has 1 aromatic carbocycles. The number of thiophene rings is 1. The van der Waals surface area contributed by atoms with E-state index in [2.05, 4.69) is 21.2 Å². The van der Waals surface area contributed by atoms with Crippen molar-refractivity contribution in [3.63, 3.8) is 0 Å². The number of rotatable bonds is 4. The van der Waals surface area contributed by atoms with E-state index in [1.807, 2.05) is 26.0 Å². The number of aryl methyl sites for hydroxylation is 1. The molecular weight excluding hydrogens is 349 g/mol. The highest BCUT2D eigenvalue weighted by molar-refractivity contribution is 9.11. The van der Waals surface area contributed by atoms with Crippen molar-refractivity contribution in [1.29, 1.82) is 0 Å². The molecule has 1 heterocycles. The van der Waals surface area contributed by atoms with Crippen molar-refractivity contribution in [3.8, 4) is 0 Å². The van der Waals surface area contributed by atoms with Crippen molar-refractivity contribution >= 4 is 38.9 Å². The molecule has 0 aliphatic carbocycles. The van der Waals surface area contributed by atoms with Crippen LogP contribution >= 0.6 is 38.9 Å². The number of hydrogen-bond donors (Lipinski definition) is 1. The average molecular weight is 363 g/mol. The van der Waals surface area contributed by atoms with Crippen molar-refractivity contribution in [2.75, 3.05) is 6.54 Å². The molecule has 1 N–H and O–H groups in total. The van der Waals surface area contributed by atoms with Crippen LogP contribution in [-0.4, -0.2) is 6.54 Å². The lowest BCUT2D eigenvalue weighted by molar-refractivity contribution is 0.605. The fourth-order valence-electron chi connectivity index (χ4n) is 2.02. The molecule has 0 bridgehead atoms. The minimum Gasteiger partial charge on any atom is -0.306 e. The summed E-state index contributed by atoms with van der Waals surface area (Å²) in [6.45, 7) is 4.73. The molecule has 0 saturated carbocycles. The highest BCUT2D eigenvalue weighted by atomic mass is 79.9. The maximum Gasteiger partial charge on any atom is 0.123 e. The zero-order valence-electron chi connectivity index (χ0n) is 10.6. The van der Waals surface area contributed by atoms with Gasteiger partial charge in [-0.05, 0) is 58.7 Å². The first-order chi connectivity index (χ1) is 9.01. The van der Waals surface area contributed by atoms with Crippen LogP contribution in [0.4, 0.5) is 4.39 Å². The molecule has 2 aromatic rings. The Balaban J connectivity index is 2.44. The van der Waals surface area contributed by atoms with Crippen LogP contribution in [0.15, 0.2) is 28.1 Å². The summed E-state index contributed by atoms with van der Waals surface area (Å²) in [7, 11) is 0. The summed E-state index contributed by atoms with van der Waals surface area (Å²) in [4.78, 5) is 1.07. The van der Waals surface area contributed by atoms with Gasteiger partial charge < -0.3 is 5.32 Å². The molecule has 1 nitrogen and oxygen atoms in total. The summed E-state index contributed by atoms with van der Waals surface area (Å²) in [5, 5.41) is 4.07. The second-order valence-electron chi connectivity index (χ2n) is 4.32. The zero-order valence-corrected chi connectivity index (χ0v) is 13.8. The van der Waals surface area contributed by atoms with Gasteiger partial charge in [-0.3, -0.25) is 0 Å². The van der Waals surface area contributed by atoms with Crippen LogP contribution in [0.3, 0.4) is 0 Å². The molecule has 0 aliphatic heterocycles. The minimum atomic E-state index is -0.209. The topological polar surface area (TPSA) is 12.0 Å². The standard InChI is InChI=1S/C14H14BrClFNS/c1-3-18-13(12-7-11(16)14(15)19-12)9-4-8(2)5-10(17)6-9/h4-7,13,18H,3H2,1-2H3. The molecule has 2 rings (SSSR count).